The quantitative estimate of drug-likeness (QED) is 0.328. The number of carbonyl (C=O) groups excluding carboxylic acids is 1. The van der Waals surface area contributed by atoms with Crippen molar-refractivity contribution < 1.29 is 14.8 Å². The summed E-state index contributed by atoms with van der Waals surface area (Å²) in [5, 5.41) is 22.1. The second-order valence-corrected chi connectivity index (χ2v) is 3.15. The molecule has 6 nitrogen and oxygen atoms in total. The molecule has 86 valence electrons. The first-order valence-electron chi connectivity index (χ1n) is 4.77. The number of aliphatic hydroxyl groups is 1. The van der Waals surface area contributed by atoms with E-state index in [2.05, 4.69) is 5.32 Å². The van der Waals surface area contributed by atoms with Gasteiger partial charge in [-0.05, 0) is 18.6 Å². The molecule has 0 saturated carbocycles. The van der Waals surface area contributed by atoms with Crippen LogP contribution in [0.25, 0.3) is 0 Å². The van der Waals surface area contributed by atoms with Crippen LogP contribution in [0.15, 0.2) is 18.2 Å². The van der Waals surface area contributed by atoms with Crippen LogP contribution >= 0.6 is 0 Å². The predicted molar refractivity (Wildman–Crippen MR) is 58.7 cm³/mol. The van der Waals surface area contributed by atoms with E-state index >= 15 is 0 Å². The van der Waals surface area contributed by atoms with E-state index in [1.807, 2.05) is 0 Å². The van der Waals surface area contributed by atoms with Gasteiger partial charge in [-0.25, -0.2) is 0 Å². The van der Waals surface area contributed by atoms with E-state index in [-0.39, 0.29) is 17.9 Å². The highest BCUT2D eigenvalue weighted by atomic mass is 16.6. The maximum absolute atomic E-state index is 10.6. The Morgan fingerprint density at radius 2 is 2.25 bits per heavy atom. The highest BCUT2D eigenvalue weighted by Crippen LogP contribution is 2.21. The largest absolute Gasteiger partial charge is 0.396 e. The van der Waals surface area contributed by atoms with Crippen molar-refractivity contribution in [1.82, 2.24) is 0 Å². The lowest BCUT2D eigenvalue weighted by molar-refractivity contribution is -0.385. The van der Waals surface area contributed by atoms with Gasteiger partial charge in [-0.3, -0.25) is 14.9 Å². The minimum Gasteiger partial charge on any atom is -0.396 e. The number of nitro benzene ring substituents is 1. The van der Waals surface area contributed by atoms with Crippen LogP contribution in [0.3, 0.4) is 0 Å². The SMILES string of the molecule is O=Cc1ccc(NCCCO)cc1[N+](=O)[O-]. The van der Waals surface area contributed by atoms with Crippen molar-refractivity contribution >= 4 is 17.7 Å². The average Bonchev–Trinajstić information content (AvgIpc) is 2.29. The van der Waals surface area contributed by atoms with Crippen molar-refractivity contribution in [3.63, 3.8) is 0 Å². The third-order valence-corrected chi connectivity index (χ3v) is 2.02. The summed E-state index contributed by atoms with van der Waals surface area (Å²) >= 11 is 0. The molecular formula is C10H12N2O4. The third-order valence-electron chi connectivity index (χ3n) is 2.02. The van der Waals surface area contributed by atoms with Crippen molar-refractivity contribution in [1.29, 1.82) is 0 Å². The van der Waals surface area contributed by atoms with E-state index in [1.165, 1.54) is 12.1 Å². The molecule has 1 aromatic carbocycles. The number of hydrogen-bond acceptors (Lipinski definition) is 5. The van der Waals surface area contributed by atoms with Gasteiger partial charge < -0.3 is 10.4 Å². The van der Waals surface area contributed by atoms with Crippen molar-refractivity contribution in [3.8, 4) is 0 Å². The molecule has 0 aliphatic carbocycles. The molecule has 2 N–H and O–H groups in total. The molecule has 0 aliphatic heterocycles. The van der Waals surface area contributed by atoms with Crippen LogP contribution < -0.4 is 5.32 Å². The molecule has 16 heavy (non-hydrogen) atoms. The number of anilines is 1. The highest BCUT2D eigenvalue weighted by molar-refractivity contribution is 5.82. The Kier molecular flexibility index (Phi) is 4.41. The number of benzene rings is 1. The molecule has 0 fully saturated rings. The topological polar surface area (TPSA) is 92.5 Å². The van der Waals surface area contributed by atoms with Crippen LogP contribution in [0.1, 0.15) is 16.8 Å². The molecule has 0 radical (unpaired) electrons. The minimum atomic E-state index is -0.596. The number of nitrogens with one attached hydrogen (secondary N) is 1. The Bertz CT molecular complexity index is 392. The Labute approximate surface area is 92.0 Å². The number of aliphatic hydroxyl groups excluding tert-OH is 1. The van der Waals surface area contributed by atoms with Crippen molar-refractivity contribution in [3.05, 3.63) is 33.9 Å². The van der Waals surface area contributed by atoms with Gasteiger partial charge in [0.2, 0.25) is 0 Å². The number of aldehydes is 1. The zero-order valence-electron chi connectivity index (χ0n) is 8.55. The Balaban J connectivity index is 2.85. The van der Waals surface area contributed by atoms with E-state index < -0.39 is 4.92 Å². The van der Waals surface area contributed by atoms with Gasteiger partial charge in [-0.2, -0.15) is 0 Å². The zero-order chi connectivity index (χ0) is 12.0. The number of nitro groups is 1. The molecule has 0 heterocycles. The molecule has 0 spiro atoms. The highest BCUT2D eigenvalue weighted by Gasteiger charge is 2.13. The summed E-state index contributed by atoms with van der Waals surface area (Å²) in [5.74, 6) is 0. The van der Waals surface area contributed by atoms with E-state index in [9.17, 15) is 14.9 Å². The summed E-state index contributed by atoms with van der Waals surface area (Å²) in [6.45, 7) is 0.579. The fraction of sp³-hybridized carbons (Fsp3) is 0.300. The molecular weight excluding hydrogens is 212 g/mol. The summed E-state index contributed by atoms with van der Waals surface area (Å²) < 4.78 is 0. The van der Waals surface area contributed by atoms with E-state index in [0.717, 1.165) is 0 Å². The van der Waals surface area contributed by atoms with Gasteiger partial charge in [-0.1, -0.05) is 0 Å². The first-order valence-corrected chi connectivity index (χ1v) is 4.77. The van der Waals surface area contributed by atoms with Gasteiger partial charge in [-0.15, -0.1) is 0 Å². The van der Waals surface area contributed by atoms with Gasteiger partial charge in [0, 0.05) is 24.9 Å². The summed E-state index contributed by atoms with van der Waals surface area (Å²) in [6.07, 6.45) is 1.01. The Hall–Kier alpha value is -1.95. The second kappa shape index (κ2) is 5.82. The van der Waals surface area contributed by atoms with E-state index in [1.54, 1.807) is 6.07 Å². The molecule has 0 saturated heterocycles. The Morgan fingerprint density at radius 3 is 2.81 bits per heavy atom. The third kappa shape index (κ3) is 3.03. The first kappa shape index (κ1) is 12.1. The van der Waals surface area contributed by atoms with Gasteiger partial charge in [0.1, 0.15) is 0 Å². The van der Waals surface area contributed by atoms with Crippen LogP contribution in [-0.2, 0) is 0 Å². The molecule has 0 aliphatic rings. The number of rotatable bonds is 6. The number of hydrogen-bond donors (Lipinski definition) is 2. The molecule has 0 atom stereocenters. The standard InChI is InChI=1S/C10H12N2O4/c13-5-1-4-11-9-3-2-8(7-14)10(6-9)12(15)16/h2-3,6-7,11,13H,1,4-5H2. The lowest BCUT2D eigenvalue weighted by Gasteiger charge is -2.05. The van der Waals surface area contributed by atoms with Crippen molar-refractivity contribution in [2.24, 2.45) is 0 Å². The van der Waals surface area contributed by atoms with Gasteiger partial charge in [0.05, 0.1) is 10.5 Å². The van der Waals surface area contributed by atoms with E-state index in [4.69, 9.17) is 5.11 Å². The lowest BCUT2D eigenvalue weighted by Crippen LogP contribution is -2.04. The maximum Gasteiger partial charge on any atom is 0.281 e. The molecule has 0 amide bonds. The predicted octanol–water partition coefficient (Wildman–Crippen LogP) is 1.20. The van der Waals surface area contributed by atoms with Gasteiger partial charge in [0.25, 0.3) is 5.69 Å². The Morgan fingerprint density at radius 1 is 1.50 bits per heavy atom. The molecule has 0 bridgehead atoms. The summed E-state index contributed by atoms with van der Waals surface area (Å²) in [5.41, 5.74) is 0.396. The van der Waals surface area contributed by atoms with Crippen molar-refractivity contribution in [2.45, 2.75) is 6.42 Å². The fourth-order valence-corrected chi connectivity index (χ4v) is 1.22. The van der Waals surface area contributed by atoms with Gasteiger partial charge >= 0.3 is 0 Å². The minimum absolute atomic E-state index is 0.0534. The van der Waals surface area contributed by atoms with Crippen molar-refractivity contribution in [2.75, 3.05) is 18.5 Å². The number of nitrogens with zero attached hydrogens (tertiary/aromatic N) is 1. The summed E-state index contributed by atoms with van der Waals surface area (Å²) in [7, 11) is 0. The molecule has 0 aromatic heterocycles. The smallest absolute Gasteiger partial charge is 0.281 e. The van der Waals surface area contributed by atoms with E-state index in [0.29, 0.717) is 24.9 Å². The normalized spacial score (nSPS) is 9.81. The lowest BCUT2D eigenvalue weighted by atomic mass is 10.2. The second-order valence-electron chi connectivity index (χ2n) is 3.15. The van der Waals surface area contributed by atoms with Crippen LogP contribution in [0, 0.1) is 10.1 Å². The molecule has 1 rings (SSSR count). The summed E-state index contributed by atoms with van der Waals surface area (Å²) in [6, 6.07) is 4.29. The average molecular weight is 224 g/mol. The van der Waals surface area contributed by atoms with Gasteiger partial charge in [0.15, 0.2) is 6.29 Å². The molecule has 1 aromatic rings. The molecule has 6 heteroatoms. The maximum atomic E-state index is 10.6. The van der Waals surface area contributed by atoms with Crippen LogP contribution in [0.4, 0.5) is 11.4 Å². The van der Waals surface area contributed by atoms with Crippen LogP contribution in [0.5, 0.6) is 0 Å². The fourth-order valence-electron chi connectivity index (χ4n) is 1.22. The van der Waals surface area contributed by atoms with Crippen LogP contribution in [-0.4, -0.2) is 29.5 Å². The zero-order valence-corrected chi connectivity index (χ0v) is 8.55. The number of carbonyl (C=O) groups is 1. The monoisotopic (exact) mass is 224 g/mol. The first-order chi connectivity index (χ1) is 7.69. The summed E-state index contributed by atoms with van der Waals surface area (Å²) in [4.78, 5) is 20.6. The molecule has 0 unspecified atom stereocenters. The van der Waals surface area contributed by atoms with Crippen LogP contribution in [0.2, 0.25) is 0 Å².